The molecule has 0 bridgehead atoms. The molecule has 3 nitrogen and oxygen atoms in total. The average molecular weight is 335 g/mol. The van der Waals surface area contributed by atoms with Gasteiger partial charge in [0.2, 0.25) is 5.91 Å². The largest absolute Gasteiger partial charge is 0.376 e. The monoisotopic (exact) mass is 334 g/mol. The highest BCUT2D eigenvalue weighted by molar-refractivity contribution is 6.42. The van der Waals surface area contributed by atoms with Gasteiger partial charge in [-0.15, -0.1) is 0 Å². The van der Waals surface area contributed by atoms with Crippen LogP contribution in [-0.4, -0.2) is 18.5 Å². The van der Waals surface area contributed by atoms with E-state index in [0.29, 0.717) is 10.0 Å². The van der Waals surface area contributed by atoms with Gasteiger partial charge in [0.25, 0.3) is 0 Å². The van der Waals surface area contributed by atoms with Crippen molar-refractivity contribution in [3.63, 3.8) is 0 Å². The Bertz CT molecular complexity index is 718. The molecule has 0 spiro atoms. The normalized spacial score (nSPS) is 16.5. The number of carbonyl (C=O) groups excluding carboxylic acids is 1. The van der Waals surface area contributed by atoms with Crippen molar-refractivity contribution in [2.45, 2.75) is 19.4 Å². The highest BCUT2D eigenvalue weighted by Crippen LogP contribution is 2.32. The second-order valence-electron chi connectivity index (χ2n) is 5.43. The molecule has 0 saturated carbocycles. The molecule has 0 aliphatic carbocycles. The Hall–Kier alpha value is -1.71. The van der Waals surface area contributed by atoms with Crippen LogP contribution in [0, 0.1) is 0 Å². The van der Waals surface area contributed by atoms with Gasteiger partial charge in [0, 0.05) is 17.4 Å². The Morgan fingerprint density at radius 1 is 1.23 bits per heavy atom. The lowest BCUT2D eigenvalue weighted by Gasteiger charge is -2.23. The van der Waals surface area contributed by atoms with Gasteiger partial charge in [-0.2, -0.15) is 0 Å². The van der Waals surface area contributed by atoms with Crippen LogP contribution in [-0.2, 0) is 11.2 Å². The lowest BCUT2D eigenvalue weighted by Crippen LogP contribution is -2.39. The van der Waals surface area contributed by atoms with Gasteiger partial charge >= 0.3 is 0 Å². The molecule has 114 valence electrons. The highest BCUT2D eigenvalue weighted by Gasteiger charge is 2.30. The van der Waals surface area contributed by atoms with Crippen LogP contribution in [0.3, 0.4) is 0 Å². The molecule has 1 N–H and O–H groups in total. The van der Waals surface area contributed by atoms with Crippen LogP contribution < -0.4 is 10.2 Å². The SMILES string of the molecule is CC1Cc2ccccc2N1C(=O)CNc1ccc(Cl)c(Cl)c1. The van der Waals surface area contributed by atoms with Gasteiger partial charge < -0.3 is 10.2 Å². The van der Waals surface area contributed by atoms with Crippen molar-refractivity contribution in [2.75, 3.05) is 16.8 Å². The van der Waals surface area contributed by atoms with Gasteiger partial charge in [-0.05, 0) is 43.2 Å². The molecule has 1 amide bonds. The van der Waals surface area contributed by atoms with Crippen molar-refractivity contribution in [3.05, 3.63) is 58.1 Å². The maximum absolute atomic E-state index is 12.5. The zero-order valence-electron chi connectivity index (χ0n) is 12.1. The number of fused-ring (bicyclic) bond motifs is 1. The fourth-order valence-corrected chi connectivity index (χ4v) is 3.11. The Morgan fingerprint density at radius 3 is 2.77 bits per heavy atom. The van der Waals surface area contributed by atoms with E-state index in [9.17, 15) is 4.79 Å². The Morgan fingerprint density at radius 2 is 2.00 bits per heavy atom. The van der Waals surface area contributed by atoms with Crippen LogP contribution in [0.25, 0.3) is 0 Å². The molecule has 1 unspecified atom stereocenters. The van der Waals surface area contributed by atoms with Crippen LogP contribution in [0.1, 0.15) is 12.5 Å². The van der Waals surface area contributed by atoms with E-state index < -0.39 is 0 Å². The second kappa shape index (κ2) is 6.19. The number of halogens is 2. The van der Waals surface area contributed by atoms with E-state index >= 15 is 0 Å². The number of anilines is 2. The molecule has 0 fully saturated rings. The smallest absolute Gasteiger partial charge is 0.246 e. The summed E-state index contributed by atoms with van der Waals surface area (Å²) in [6, 6.07) is 13.5. The zero-order chi connectivity index (χ0) is 15.7. The number of hydrogen-bond acceptors (Lipinski definition) is 2. The Labute approximate surface area is 139 Å². The summed E-state index contributed by atoms with van der Waals surface area (Å²) in [4.78, 5) is 14.4. The number of carbonyl (C=O) groups is 1. The summed E-state index contributed by atoms with van der Waals surface area (Å²) in [5.41, 5.74) is 3.01. The molecular weight excluding hydrogens is 319 g/mol. The predicted molar refractivity (Wildman–Crippen MR) is 92.0 cm³/mol. The summed E-state index contributed by atoms with van der Waals surface area (Å²) in [5, 5.41) is 4.08. The van der Waals surface area contributed by atoms with Crippen LogP contribution >= 0.6 is 23.2 Å². The lowest BCUT2D eigenvalue weighted by atomic mass is 10.1. The predicted octanol–water partition coefficient (Wildman–Crippen LogP) is 4.38. The van der Waals surface area contributed by atoms with Gasteiger partial charge in [0.15, 0.2) is 0 Å². The van der Waals surface area contributed by atoms with Gasteiger partial charge in [-0.25, -0.2) is 0 Å². The molecule has 0 saturated heterocycles. The van der Waals surface area contributed by atoms with Crippen molar-refractivity contribution in [1.82, 2.24) is 0 Å². The van der Waals surface area contributed by atoms with Gasteiger partial charge in [-0.3, -0.25) is 4.79 Å². The van der Waals surface area contributed by atoms with Crippen LogP contribution in [0.15, 0.2) is 42.5 Å². The summed E-state index contributed by atoms with van der Waals surface area (Å²) in [5.74, 6) is 0.0449. The van der Waals surface area contributed by atoms with Crippen LogP contribution in [0.2, 0.25) is 10.0 Å². The minimum Gasteiger partial charge on any atom is -0.376 e. The maximum atomic E-state index is 12.5. The first kappa shape index (κ1) is 15.2. The van der Waals surface area contributed by atoms with E-state index in [4.69, 9.17) is 23.2 Å². The van der Waals surface area contributed by atoms with Crippen molar-refractivity contribution >= 4 is 40.5 Å². The quantitative estimate of drug-likeness (QED) is 0.903. The molecule has 0 aromatic heterocycles. The van der Waals surface area contributed by atoms with Crippen molar-refractivity contribution in [3.8, 4) is 0 Å². The fourth-order valence-electron chi connectivity index (χ4n) is 2.81. The van der Waals surface area contributed by atoms with Crippen LogP contribution in [0.5, 0.6) is 0 Å². The lowest BCUT2D eigenvalue weighted by molar-refractivity contribution is -0.117. The topological polar surface area (TPSA) is 32.3 Å². The molecular formula is C17H16Cl2N2O. The molecule has 2 aromatic rings. The van der Waals surface area contributed by atoms with Crippen molar-refractivity contribution < 1.29 is 4.79 Å². The summed E-state index contributed by atoms with van der Waals surface area (Å²) in [6.45, 7) is 2.29. The van der Waals surface area contributed by atoms with E-state index in [0.717, 1.165) is 17.8 Å². The average Bonchev–Trinajstić information content (AvgIpc) is 2.84. The summed E-state index contributed by atoms with van der Waals surface area (Å²) in [7, 11) is 0. The van der Waals surface area contributed by atoms with Gasteiger partial charge in [-0.1, -0.05) is 41.4 Å². The standard InChI is InChI=1S/C17H16Cl2N2O/c1-11-8-12-4-2-3-5-16(12)21(11)17(22)10-20-13-6-7-14(18)15(19)9-13/h2-7,9,11,20H,8,10H2,1H3. The molecule has 1 aliphatic heterocycles. The highest BCUT2D eigenvalue weighted by atomic mass is 35.5. The summed E-state index contributed by atoms with van der Waals surface area (Å²) >= 11 is 11.9. The van der Waals surface area contributed by atoms with E-state index in [-0.39, 0.29) is 18.5 Å². The third-order valence-corrected chi connectivity index (χ3v) is 4.58. The van der Waals surface area contributed by atoms with E-state index in [1.807, 2.05) is 29.2 Å². The minimum absolute atomic E-state index is 0.0449. The van der Waals surface area contributed by atoms with Crippen molar-refractivity contribution in [1.29, 1.82) is 0 Å². The maximum Gasteiger partial charge on any atom is 0.246 e. The first-order chi connectivity index (χ1) is 10.6. The summed E-state index contributed by atoms with van der Waals surface area (Å²) in [6.07, 6.45) is 0.898. The van der Waals surface area contributed by atoms with Crippen molar-refractivity contribution in [2.24, 2.45) is 0 Å². The minimum atomic E-state index is 0.0449. The number of amides is 1. The Kier molecular flexibility index (Phi) is 4.27. The number of para-hydroxylation sites is 1. The first-order valence-corrected chi connectivity index (χ1v) is 7.91. The fraction of sp³-hybridized carbons (Fsp3) is 0.235. The molecule has 5 heteroatoms. The molecule has 3 rings (SSSR count). The number of benzene rings is 2. The molecule has 2 aromatic carbocycles. The third-order valence-electron chi connectivity index (χ3n) is 3.84. The van der Waals surface area contributed by atoms with Gasteiger partial charge in [0.05, 0.1) is 16.6 Å². The van der Waals surface area contributed by atoms with E-state index in [2.05, 4.69) is 18.3 Å². The zero-order valence-corrected chi connectivity index (χ0v) is 13.7. The molecule has 1 heterocycles. The second-order valence-corrected chi connectivity index (χ2v) is 6.24. The summed E-state index contributed by atoms with van der Waals surface area (Å²) < 4.78 is 0. The first-order valence-electron chi connectivity index (χ1n) is 7.15. The third kappa shape index (κ3) is 2.92. The Balaban J connectivity index is 1.71. The van der Waals surface area contributed by atoms with Crippen LogP contribution in [0.4, 0.5) is 11.4 Å². The molecule has 0 radical (unpaired) electrons. The number of hydrogen-bond donors (Lipinski definition) is 1. The number of nitrogens with zero attached hydrogens (tertiary/aromatic N) is 1. The van der Waals surface area contributed by atoms with E-state index in [1.165, 1.54) is 5.56 Å². The van der Waals surface area contributed by atoms with Gasteiger partial charge in [0.1, 0.15) is 0 Å². The molecule has 1 aliphatic rings. The number of rotatable bonds is 3. The number of nitrogens with one attached hydrogen (secondary N) is 1. The molecule has 22 heavy (non-hydrogen) atoms. The molecule has 1 atom stereocenters. The van der Waals surface area contributed by atoms with E-state index in [1.54, 1.807) is 12.1 Å².